The van der Waals surface area contributed by atoms with E-state index in [2.05, 4.69) is 86.8 Å². The lowest BCUT2D eigenvalue weighted by Crippen LogP contribution is -2.81. The van der Waals surface area contributed by atoms with Crippen LogP contribution in [0.2, 0.25) is 0 Å². The number of hydrogen-bond donors (Lipinski definition) is 2. The number of methoxy groups -OCH3 is 3. The summed E-state index contributed by atoms with van der Waals surface area (Å²) in [4.78, 5) is 53.5. The Bertz CT molecular complexity index is 2320. The van der Waals surface area contributed by atoms with Gasteiger partial charge in [0.1, 0.15) is 11.2 Å². The average Bonchev–Trinajstić information content (AvgIpc) is 3.89. The molecule has 59 heavy (non-hydrogen) atoms. The summed E-state index contributed by atoms with van der Waals surface area (Å²) in [5.41, 5.74) is 1.09. The SMILES string of the molecule is CCC1=C[C@@H]2CN(CCc3c([nH]c4ccc(I)cc34)[C@@](C(=O)OC)(c3cc4c(cc3OC)N(C)C3[C@]45CCN4CC=C[C@@](CC)([C@@H](OC(C)=O)[C@]3(O)C(=O)OC)[C@H]45)C2)C1. The first-order valence-corrected chi connectivity index (χ1v) is 22.0. The van der Waals surface area contributed by atoms with E-state index in [1.807, 2.05) is 24.9 Å². The molecule has 314 valence electrons. The number of benzene rings is 2. The summed E-state index contributed by atoms with van der Waals surface area (Å²) < 4.78 is 25.1. The summed E-state index contributed by atoms with van der Waals surface area (Å²) in [7, 11) is 6.25. The molecular weight excluding hydrogens is 863 g/mol. The van der Waals surface area contributed by atoms with E-state index >= 15 is 4.79 Å². The van der Waals surface area contributed by atoms with Gasteiger partial charge >= 0.3 is 17.9 Å². The fraction of sp³-hybridized carbons (Fsp3) is 0.543. The number of nitrogens with zero attached hydrogens (tertiary/aromatic N) is 3. The second kappa shape index (κ2) is 14.3. The molecule has 1 spiro atoms. The number of rotatable bonds is 7. The highest BCUT2D eigenvalue weighted by molar-refractivity contribution is 14.1. The fourth-order valence-corrected chi connectivity index (χ4v) is 13.5. The van der Waals surface area contributed by atoms with Crippen LogP contribution in [0.5, 0.6) is 5.75 Å². The molecule has 9 atom stereocenters. The van der Waals surface area contributed by atoms with E-state index in [9.17, 15) is 14.7 Å². The van der Waals surface area contributed by atoms with E-state index < -0.39 is 45.9 Å². The van der Waals surface area contributed by atoms with Crippen LogP contribution in [-0.4, -0.2) is 123 Å². The number of aromatic amines is 1. The normalized spacial score (nSPS) is 34.4. The number of halogens is 1. The third-order valence-electron chi connectivity index (χ3n) is 15.1. The number of hydrogen-bond acceptors (Lipinski definition) is 11. The zero-order chi connectivity index (χ0) is 41.8. The number of carbonyl (C=O) groups excluding carboxylic acids is 3. The number of H-pyrrole nitrogens is 1. The Morgan fingerprint density at radius 3 is 2.49 bits per heavy atom. The minimum Gasteiger partial charge on any atom is -0.496 e. The van der Waals surface area contributed by atoms with Crippen molar-refractivity contribution >= 4 is 57.1 Å². The second-order valence-electron chi connectivity index (χ2n) is 17.6. The number of ether oxygens (including phenoxy) is 4. The van der Waals surface area contributed by atoms with E-state index in [-0.39, 0.29) is 17.9 Å². The third kappa shape index (κ3) is 5.38. The van der Waals surface area contributed by atoms with Crippen molar-refractivity contribution in [2.45, 2.75) is 87.5 Å². The van der Waals surface area contributed by atoms with E-state index in [4.69, 9.17) is 18.9 Å². The molecule has 1 aromatic heterocycles. The van der Waals surface area contributed by atoms with Gasteiger partial charge in [0.05, 0.1) is 27.4 Å². The molecule has 13 heteroatoms. The zero-order valence-corrected chi connectivity index (χ0v) is 37.2. The van der Waals surface area contributed by atoms with Crippen molar-refractivity contribution in [3.8, 4) is 5.75 Å². The molecule has 6 aliphatic rings. The Kier molecular flexibility index (Phi) is 9.84. The number of aliphatic hydroxyl groups is 1. The molecule has 0 radical (unpaired) electrons. The molecule has 2 bridgehead atoms. The van der Waals surface area contributed by atoms with Crippen LogP contribution in [0.1, 0.15) is 68.8 Å². The molecule has 0 amide bonds. The van der Waals surface area contributed by atoms with E-state index in [0.29, 0.717) is 43.7 Å². The van der Waals surface area contributed by atoms with Gasteiger partial charge in [0.15, 0.2) is 6.10 Å². The van der Waals surface area contributed by atoms with Gasteiger partial charge in [-0.25, -0.2) is 4.79 Å². The van der Waals surface area contributed by atoms with Gasteiger partial charge in [0.2, 0.25) is 5.60 Å². The maximum absolute atomic E-state index is 15.3. The van der Waals surface area contributed by atoms with Crippen molar-refractivity contribution < 1.29 is 38.4 Å². The van der Waals surface area contributed by atoms with Crippen LogP contribution in [0.25, 0.3) is 10.9 Å². The Hall–Kier alpha value is -3.92. The first-order valence-electron chi connectivity index (χ1n) is 20.9. The summed E-state index contributed by atoms with van der Waals surface area (Å²) in [5.74, 6) is -1.31. The highest BCUT2D eigenvalue weighted by Gasteiger charge is 2.80. The van der Waals surface area contributed by atoms with E-state index in [1.54, 1.807) is 7.11 Å². The summed E-state index contributed by atoms with van der Waals surface area (Å²) in [5, 5.41) is 14.4. The minimum absolute atomic E-state index is 0.0172. The molecule has 5 aliphatic heterocycles. The Labute approximate surface area is 359 Å². The number of fused-ring (bicyclic) bond motifs is 6. The first-order chi connectivity index (χ1) is 28.3. The number of aromatic nitrogens is 1. The molecule has 3 aromatic rings. The molecule has 9 rings (SSSR count). The van der Waals surface area contributed by atoms with Crippen LogP contribution >= 0.6 is 22.6 Å². The smallest absolute Gasteiger partial charge is 0.344 e. The Morgan fingerprint density at radius 2 is 1.80 bits per heavy atom. The van der Waals surface area contributed by atoms with Gasteiger partial charge in [-0.05, 0) is 103 Å². The molecule has 2 N–H and O–H groups in total. The number of nitrogens with one attached hydrogen (secondary N) is 1. The Morgan fingerprint density at radius 1 is 1.02 bits per heavy atom. The van der Waals surface area contributed by atoms with Crippen LogP contribution < -0.4 is 9.64 Å². The van der Waals surface area contributed by atoms with Crippen LogP contribution in [0, 0.1) is 14.9 Å². The molecular formula is C46H55IN4O8. The average molecular weight is 919 g/mol. The lowest BCUT2D eigenvalue weighted by Gasteiger charge is -2.63. The van der Waals surface area contributed by atoms with Gasteiger partial charge in [0.25, 0.3) is 0 Å². The van der Waals surface area contributed by atoms with Gasteiger partial charge in [-0.3, -0.25) is 19.4 Å². The summed E-state index contributed by atoms with van der Waals surface area (Å²) in [6, 6.07) is 9.32. The summed E-state index contributed by atoms with van der Waals surface area (Å²) >= 11 is 2.36. The molecule has 12 nitrogen and oxygen atoms in total. The van der Waals surface area contributed by atoms with Gasteiger partial charge in [-0.1, -0.05) is 37.6 Å². The van der Waals surface area contributed by atoms with Crippen LogP contribution in [0.4, 0.5) is 5.69 Å². The van der Waals surface area contributed by atoms with Crippen molar-refractivity contribution in [2.24, 2.45) is 11.3 Å². The predicted octanol–water partition coefficient (Wildman–Crippen LogP) is 5.40. The highest BCUT2D eigenvalue weighted by atomic mass is 127. The first kappa shape index (κ1) is 40.5. The van der Waals surface area contributed by atoms with Gasteiger partial charge in [-0.2, -0.15) is 0 Å². The monoisotopic (exact) mass is 918 g/mol. The number of esters is 3. The van der Waals surface area contributed by atoms with E-state index in [1.165, 1.54) is 26.7 Å². The van der Waals surface area contributed by atoms with Crippen LogP contribution in [-0.2, 0) is 45.8 Å². The van der Waals surface area contributed by atoms with E-state index in [0.717, 1.165) is 69.5 Å². The van der Waals surface area contributed by atoms with Crippen LogP contribution in [0.3, 0.4) is 0 Å². The summed E-state index contributed by atoms with van der Waals surface area (Å²) in [6.45, 7) is 9.43. The number of carbonyl (C=O) groups is 3. The molecule has 2 aromatic carbocycles. The van der Waals surface area contributed by atoms with Crippen molar-refractivity contribution in [1.29, 1.82) is 0 Å². The molecule has 6 heterocycles. The molecule has 2 unspecified atom stereocenters. The van der Waals surface area contributed by atoms with Crippen molar-refractivity contribution in [3.05, 3.63) is 80.1 Å². The lowest BCUT2D eigenvalue weighted by atomic mass is 9.47. The molecule has 1 saturated heterocycles. The maximum Gasteiger partial charge on any atom is 0.344 e. The van der Waals surface area contributed by atoms with Gasteiger partial charge < -0.3 is 33.9 Å². The maximum atomic E-state index is 15.3. The minimum atomic E-state index is -2.28. The van der Waals surface area contributed by atoms with Gasteiger partial charge in [-0.15, -0.1) is 0 Å². The summed E-state index contributed by atoms with van der Waals surface area (Å²) in [6.07, 6.45) is 8.42. The largest absolute Gasteiger partial charge is 0.496 e. The predicted molar refractivity (Wildman–Crippen MR) is 232 cm³/mol. The quantitative estimate of drug-likeness (QED) is 0.137. The standard InChI is InChI=1S/C46H55IN4O8/c1-8-27-19-28-23-45(41(53)57-6,37-30(13-17-50(24-27)25-28)31-20-29(47)11-12-34(31)48-37)33-21-32-35(22-36(33)56-5)49(4)39-44(32)15-18-51-16-10-14-43(9-2,38(44)51)40(59-26(3)52)46(39,55)42(54)58-7/h10-12,14,19-22,28,38-40,48,55H,8-9,13,15-18,23-25H2,1-7H3/t28-,38-,39?,40+,43+,44+,45-,46-/m0/s1. The molecule has 2 fully saturated rings. The topological polar surface area (TPSA) is 134 Å². The molecule has 1 saturated carbocycles. The van der Waals surface area contributed by atoms with Gasteiger partial charge in [0, 0.05) is 94.5 Å². The Balaban J connectivity index is 1.38. The van der Waals surface area contributed by atoms with Crippen molar-refractivity contribution in [2.75, 3.05) is 66.0 Å². The molecule has 1 aliphatic carbocycles. The van der Waals surface area contributed by atoms with Crippen molar-refractivity contribution in [3.63, 3.8) is 0 Å². The number of anilines is 1. The zero-order valence-electron chi connectivity index (χ0n) is 35.0. The lowest BCUT2D eigenvalue weighted by molar-refractivity contribution is -0.228. The third-order valence-corrected chi connectivity index (χ3v) is 15.8. The number of likely N-dealkylation sites (N-methyl/N-ethyl adjacent to an activating group) is 1. The van der Waals surface area contributed by atoms with Crippen LogP contribution in [0.15, 0.2) is 54.1 Å². The highest BCUT2D eigenvalue weighted by Crippen LogP contribution is 2.68. The fourth-order valence-electron chi connectivity index (χ4n) is 13.1. The second-order valence-corrected chi connectivity index (χ2v) is 18.9. The van der Waals surface area contributed by atoms with Crippen molar-refractivity contribution in [1.82, 2.24) is 14.8 Å².